The molecular weight excluding hydrogens is 428 g/mol. The predicted octanol–water partition coefficient (Wildman–Crippen LogP) is 3.08. The van der Waals surface area contributed by atoms with E-state index in [9.17, 15) is 18.0 Å². The fraction of sp³-hybridized carbons (Fsp3) is 0.542. The highest BCUT2D eigenvalue weighted by Crippen LogP contribution is 2.30. The minimum absolute atomic E-state index is 0.0282. The molecule has 7 nitrogen and oxygen atoms in total. The van der Waals surface area contributed by atoms with Crippen molar-refractivity contribution in [3.05, 3.63) is 41.1 Å². The second-order valence-electron chi connectivity index (χ2n) is 8.83. The molecule has 0 bridgehead atoms. The van der Waals surface area contributed by atoms with Gasteiger partial charge in [-0.25, -0.2) is 13.2 Å². The summed E-state index contributed by atoms with van der Waals surface area (Å²) in [5, 5.41) is 0.742. The topological polar surface area (TPSA) is 93.6 Å². The Morgan fingerprint density at radius 3 is 2.69 bits per heavy atom. The molecule has 0 N–H and O–H groups in total. The van der Waals surface area contributed by atoms with E-state index >= 15 is 0 Å². The van der Waals surface area contributed by atoms with Crippen molar-refractivity contribution in [1.29, 1.82) is 0 Å². The van der Waals surface area contributed by atoms with Gasteiger partial charge in [-0.15, -0.1) is 0 Å². The average molecular weight is 459 g/mol. The van der Waals surface area contributed by atoms with E-state index in [0.29, 0.717) is 18.4 Å². The number of para-hydroxylation sites is 1. The van der Waals surface area contributed by atoms with Gasteiger partial charge in [0.15, 0.2) is 16.4 Å². The van der Waals surface area contributed by atoms with Crippen LogP contribution in [-0.4, -0.2) is 60.4 Å². The Morgan fingerprint density at radius 2 is 1.97 bits per heavy atom. The third-order valence-corrected chi connectivity index (χ3v) is 8.41. The number of nitrogens with zero attached hydrogens (tertiary/aromatic N) is 2. The Kier molecular flexibility index (Phi) is 6.51. The number of aryl methyl sites for hydroxylation is 1. The molecule has 8 heteroatoms. The molecule has 4 rings (SSSR count). The van der Waals surface area contributed by atoms with Crippen LogP contribution in [-0.2, 0) is 32.2 Å². The Morgan fingerprint density at radius 1 is 1.22 bits per heavy atom. The van der Waals surface area contributed by atoms with Crippen LogP contribution in [0.3, 0.4) is 0 Å². The number of amides is 1. The quantitative estimate of drug-likeness (QED) is 0.618. The normalized spacial score (nSPS) is 20.5. The van der Waals surface area contributed by atoms with Gasteiger partial charge < -0.3 is 9.64 Å². The Hall–Kier alpha value is -2.48. The smallest absolute Gasteiger partial charge is 0.339 e. The zero-order chi connectivity index (χ0) is 22.9. The minimum Gasteiger partial charge on any atom is -0.452 e. The number of hydrogen-bond acceptors (Lipinski definition) is 6. The minimum atomic E-state index is -3.13. The third kappa shape index (κ3) is 4.51. The van der Waals surface area contributed by atoms with Crippen LogP contribution >= 0.6 is 0 Å². The molecule has 1 aliphatic heterocycles. The lowest BCUT2D eigenvalue weighted by molar-refractivity contribution is -0.138. The lowest BCUT2D eigenvalue weighted by Gasteiger charge is -2.33. The molecular formula is C24H30N2O5S. The predicted molar refractivity (Wildman–Crippen MR) is 122 cm³/mol. The number of hydrogen-bond donors (Lipinski definition) is 0. The van der Waals surface area contributed by atoms with Crippen molar-refractivity contribution in [1.82, 2.24) is 9.88 Å². The molecule has 32 heavy (non-hydrogen) atoms. The number of benzene rings is 1. The van der Waals surface area contributed by atoms with Crippen LogP contribution < -0.4 is 0 Å². The molecule has 1 aliphatic carbocycles. The van der Waals surface area contributed by atoms with E-state index in [0.717, 1.165) is 47.8 Å². The molecule has 2 aromatic rings. The summed E-state index contributed by atoms with van der Waals surface area (Å²) in [6, 6.07) is 7.02. The average Bonchev–Trinajstić information content (AvgIpc) is 3.14. The number of sulfone groups is 1. The van der Waals surface area contributed by atoms with Crippen molar-refractivity contribution < 1.29 is 22.7 Å². The summed E-state index contributed by atoms with van der Waals surface area (Å²) >= 11 is 0. The highest BCUT2D eigenvalue weighted by atomic mass is 32.2. The summed E-state index contributed by atoms with van der Waals surface area (Å²) in [4.78, 5) is 32.6. The van der Waals surface area contributed by atoms with Gasteiger partial charge in [-0.2, -0.15) is 0 Å². The van der Waals surface area contributed by atoms with Gasteiger partial charge in [0.25, 0.3) is 5.91 Å². The van der Waals surface area contributed by atoms with Crippen LogP contribution in [0.4, 0.5) is 0 Å². The number of rotatable bonds is 6. The fourth-order valence-corrected chi connectivity index (χ4v) is 6.59. The highest BCUT2D eigenvalue weighted by molar-refractivity contribution is 7.91. The summed E-state index contributed by atoms with van der Waals surface area (Å²) < 4.78 is 29.5. The molecule has 1 aromatic carbocycles. The molecule has 0 radical (unpaired) electrons. The largest absolute Gasteiger partial charge is 0.452 e. The van der Waals surface area contributed by atoms with Crippen molar-refractivity contribution >= 4 is 32.6 Å². The summed E-state index contributed by atoms with van der Waals surface area (Å²) in [7, 11) is -3.13. The van der Waals surface area contributed by atoms with E-state index in [4.69, 9.17) is 9.72 Å². The van der Waals surface area contributed by atoms with Crippen LogP contribution in [0.5, 0.6) is 0 Å². The first-order valence-corrected chi connectivity index (χ1v) is 13.2. The summed E-state index contributed by atoms with van der Waals surface area (Å²) in [5.74, 6) is -0.799. The van der Waals surface area contributed by atoms with Crippen molar-refractivity contribution in [2.24, 2.45) is 0 Å². The molecule has 2 atom stereocenters. The molecule has 0 spiro atoms. The summed E-state index contributed by atoms with van der Waals surface area (Å²) in [6.07, 6.45) is 4.75. The van der Waals surface area contributed by atoms with Crippen molar-refractivity contribution in [2.45, 2.75) is 64.5 Å². The molecule has 172 valence electrons. The van der Waals surface area contributed by atoms with Gasteiger partial charge in [0.2, 0.25) is 0 Å². The molecule has 0 unspecified atom stereocenters. The molecule has 2 aliphatic rings. The molecule has 2 heterocycles. The first kappa shape index (κ1) is 22.7. The number of carbonyl (C=O) groups excluding carboxylic acids is 2. The van der Waals surface area contributed by atoms with E-state index in [2.05, 4.69) is 0 Å². The maximum absolute atomic E-state index is 13.2. The molecule has 1 fully saturated rings. The molecule has 1 amide bonds. The Bertz CT molecular complexity index is 1140. The van der Waals surface area contributed by atoms with Crippen LogP contribution in [0, 0.1) is 0 Å². The maximum Gasteiger partial charge on any atom is 0.339 e. The zero-order valence-corrected chi connectivity index (χ0v) is 19.5. The van der Waals surface area contributed by atoms with E-state index in [1.807, 2.05) is 38.1 Å². The fourth-order valence-electron chi connectivity index (χ4n) is 4.88. The SMILES string of the molecule is CC[C@@H](C)N(C(=O)COC(=O)c1c2c(nc3ccccc13)CCCC2)[C@@H]1CCS(=O)(=O)C1. The number of esters is 1. The van der Waals surface area contributed by atoms with Gasteiger partial charge in [0, 0.05) is 23.2 Å². The standard InChI is InChI=1S/C24H30N2O5S/c1-3-16(2)26(17-12-13-32(29,30)15-17)22(27)14-31-24(28)23-18-8-4-6-10-20(18)25-21-11-7-5-9-19(21)23/h4,6,8,10,16-17H,3,5,7,9,11-15H2,1-2H3/t16-,17-/m1/s1. The lowest BCUT2D eigenvalue weighted by atomic mass is 9.90. The molecule has 1 aromatic heterocycles. The highest BCUT2D eigenvalue weighted by Gasteiger charge is 2.37. The summed E-state index contributed by atoms with van der Waals surface area (Å²) in [5.41, 5.74) is 3.12. The maximum atomic E-state index is 13.2. The first-order chi connectivity index (χ1) is 15.3. The van der Waals surface area contributed by atoms with Crippen LogP contribution in [0.2, 0.25) is 0 Å². The van der Waals surface area contributed by atoms with Gasteiger partial charge in [0.05, 0.1) is 22.6 Å². The van der Waals surface area contributed by atoms with Gasteiger partial charge in [-0.1, -0.05) is 25.1 Å². The van der Waals surface area contributed by atoms with Crippen LogP contribution in [0.15, 0.2) is 24.3 Å². The Labute approximate surface area is 189 Å². The van der Waals surface area contributed by atoms with Crippen LogP contribution in [0.1, 0.15) is 61.1 Å². The van der Waals surface area contributed by atoms with Crippen molar-refractivity contribution in [3.63, 3.8) is 0 Å². The first-order valence-electron chi connectivity index (χ1n) is 11.4. The van der Waals surface area contributed by atoms with Crippen LogP contribution in [0.25, 0.3) is 10.9 Å². The van der Waals surface area contributed by atoms with Crippen molar-refractivity contribution in [2.75, 3.05) is 18.1 Å². The molecule has 1 saturated heterocycles. The van der Waals surface area contributed by atoms with E-state index in [-0.39, 0.29) is 29.5 Å². The second kappa shape index (κ2) is 9.17. The van der Waals surface area contributed by atoms with E-state index < -0.39 is 22.4 Å². The van der Waals surface area contributed by atoms with Gasteiger partial charge in [-0.05, 0) is 57.1 Å². The number of fused-ring (bicyclic) bond motifs is 2. The van der Waals surface area contributed by atoms with Gasteiger partial charge >= 0.3 is 5.97 Å². The zero-order valence-electron chi connectivity index (χ0n) is 18.7. The van der Waals surface area contributed by atoms with E-state index in [1.165, 1.54) is 0 Å². The summed E-state index contributed by atoms with van der Waals surface area (Å²) in [6.45, 7) is 3.46. The monoisotopic (exact) mass is 458 g/mol. The van der Waals surface area contributed by atoms with Gasteiger partial charge in [-0.3, -0.25) is 9.78 Å². The number of ether oxygens (including phenoxy) is 1. The third-order valence-electron chi connectivity index (χ3n) is 6.66. The number of carbonyl (C=O) groups is 2. The van der Waals surface area contributed by atoms with E-state index in [1.54, 1.807) is 4.90 Å². The number of aromatic nitrogens is 1. The second-order valence-corrected chi connectivity index (χ2v) is 11.1. The number of pyridine rings is 1. The molecule has 0 saturated carbocycles. The Balaban J connectivity index is 1.57. The lowest BCUT2D eigenvalue weighted by Crippen LogP contribution is -2.48. The van der Waals surface area contributed by atoms with Gasteiger partial charge in [0.1, 0.15) is 0 Å². The van der Waals surface area contributed by atoms with Crippen molar-refractivity contribution in [3.8, 4) is 0 Å².